The van der Waals surface area contributed by atoms with Crippen LogP contribution in [0.15, 0.2) is 30.6 Å². The maximum atomic E-state index is 12.3. The van der Waals surface area contributed by atoms with Gasteiger partial charge in [0.25, 0.3) is 5.91 Å². The lowest BCUT2D eigenvalue weighted by Gasteiger charge is -2.36. The molecule has 2 heterocycles. The number of carbonyl (C=O) groups excluding carboxylic acids is 1. The van der Waals surface area contributed by atoms with Gasteiger partial charge in [-0.15, -0.1) is 0 Å². The molecule has 1 fully saturated rings. The highest BCUT2D eigenvalue weighted by molar-refractivity contribution is 6.33. The molecule has 8 heteroatoms. The van der Waals surface area contributed by atoms with Gasteiger partial charge in [-0.3, -0.25) is 4.79 Å². The molecule has 0 aliphatic carbocycles. The highest BCUT2D eigenvalue weighted by Gasteiger charge is 2.24. The Balaban J connectivity index is 1.66. The summed E-state index contributed by atoms with van der Waals surface area (Å²) in [4.78, 5) is 23.8. The Kier molecular flexibility index (Phi) is 4.49. The van der Waals surface area contributed by atoms with E-state index in [0.717, 1.165) is 5.69 Å². The zero-order chi connectivity index (χ0) is 17.1. The second-order valence-corrected chi connectivity index (χ2v) is 5.73. The SMILES string of the molecule is N#Cc1ccc(N2CCN(C(=O)c3ncc(O)cn3)CC2)c(Cl)c1. The van der Waals surface area contributed by atoms with Crippen molar-refractivity contribution in [3.8, 4) is 11.8 Å². The van der Waals surface area contributed by atoms with Crippen LogP contribution < -0.4 is 4.90 Å². The van der Waals surface area contributed by atoms with Crippen molar-refractivity contribution in [1.82, 2.24) is 14.9 Å². The third kappa shape index (κ3) is 3.24. The summed E-state index contributed by atoms with van der Waals surface area (Å²) in [5, 5.41) is 18.6. The monoisotopic (exact) mass is 343 g/mol. The summed E-state index contributed by atoms with van der Waals surface area (Å²) in [7, 11) is 0. The quantitative estimate of drug-likeness (QED) is 0.891. The zero-order valence-corrected chi connectivity index (χ0v) is 13.4. The third-order valence-electron chi connectivity index (χ3n) is 3.81. The topological polar surface area (TPSA) is 93.4 Å². The second kappa shape index (κ2) is 6.72. The predicted molar refractivity (Wildman–Crippen MR) is 88.0 cm³/mol. The molecule has 3 rings (SSSR count). The van der Waals surface area contributed by atoms with E-state index in [2.05, 4.69) is 20.9 Å². The van der Waals surface area contributed by atoms with Crippen molar-refractivity contribution in [2.45, 2.75) is 0 Å². The standard InChI is InChI=1S/C16H14ClN5O2/c17-13-7-11(8-18)1-2-14(13)21-3-5-22(6-4-21)16(24)15-19-9-12(23)10-20-15/h1-2,7,9-10,23H,3-6H2. The normalized spacial score (nSPS) is 14.3. The van der Waals surface area contributed by atoms with Crippen molar-refractivity contribution in [3.05, 3.63) is 47.0 Å². The molecule has 0 spiro atoms. The summed E-state index contributed by atoms with van der Waals surface area (Å²) in [6, 6.07) is 7.24. The Morgan fingerprint density at radius 2 is 1.88 bits per heavy atom. The largest absolute Gasteiger partial charge is 0.505 e. The number of nitriles is 1. The molecule has 1 aliphatic heterocycles. The van der Waals surface area contributed by atoms with E-state index in [-0.39, 0.29) is 17.5 Å². The van der Waals surface area contributed by atoms with Crippen LogP contribution in [-0.2, 0) is 0 Å². The van der Waals surface area contributed by atoms with Crippen molar-refractivity contribution in [3.63, 3.8) is 0 Å². The number of rotatable bonds is 2. The highest BCUT2D eigenvalue weighted by atomic mass is 35.5. The predicted octanol–water partition coefficient (Wildman–Crippen LogP) is 1.67. The first-order valence-corrected chi connectivity index (χ1v) is 7.71. The van der Waals surface area contributed by atoms with Crippen LogP contribution >= 0.6 is 11.6 Å². The van der Waals surface area contributed by atoms with Gasteiger partial charge in [-0.2, -0.15) is 5.26 Å². The van der Waals surface area contributed by atoms with Gasteiger partial charge in [-0.05, 0) is 18.2 Å². The van der Waals surface area contributed by atoms with Gasteiger partial charge in [-0.1, -0.05) is 11.6 Å². The molecule has 0 atom stereocenters. The molecule has 0 radical (unpaired) electrons. The first-order valence-electron chi connectivity index (χ1n) is 7.33. The Morgan fingerprint density at radius 1 is 1.21 bits per heavy atom. The maximum absolute atomic E-state index is 12.3. The number of piperazine rings is 1. The van der Waals surface area contributed by atoms with Crippen LogP contribution in [0, 0.1) is 11.3 Å². The number of halogens is 1. The van der Waals surface area contributed by atoms with Crippen molar-refractivity contribution < 1.29 is 9.90 Å². The number of aromatic hydroxyl groups is 1. The minimum absolute atomic E-state index is 0.0673. The van der Waals surface area contributed by atoms with E-state index in [1.54, 1.807) is 17.0 Å². The number of hydrogen-bond donors (Lipinski definition) is 1. The molecule has 0 unspecified atom stereocenters. The number of hydrogen-bond acceptors (Lipinski definition) is 6. The van der Waals surface area contributed by atoms with E-state index in [1.807, 2.05) is 6.07 Å². The lowest BCUT2D eigenvalue weighted by molar-refractivity contribution is 0.0734. The first kappa shape index (κ1) is 16.0. The Hall–Kier alpha value is -2.85. The summed E-state index contributed by atoms with van der Waals surface area (Å²) < 4.78 is 0. The molecule has 1 aromatic heterocycles. The number of aromatic nitrogens is 2. The first-order chi connectivity index (χ1) is 11.6. The fourth-order valence-electron chi connectivity index (χ4n) is 2.56. The lowest BCUT2D eigenvalue weighted by atomic mass is 10.2. The van der Waals surface area contributed by atoms with Gasteiger partial charge in [0, 0.05) is 26.2 Å². The summed E-state index contributed by atoms with van der Waals surface area (Å²) in [5.74, 6) is -0.273. The van der Waals surface area contributed by atoms with E-state index in [1.165, 1.54) is 12.4 Å². The van der Waals surface area contributed by atoms with Gasteiger partial charge in [0.05, 0.1) is 34.7 Å². The molecule has 1 saturated heterocycles. The number of nitrogens with zero attached hydrogens (tertiary/aromatic N) is 5. The Morgan fingerprint density at radius 3 is 2.46 bits per heavy atom. The van der Waals surface area contributed by atoms with Crippen LogP contribution in [0.4, 0.5) is 5.69 Å². The van der Waals surface area contributed by atoms with E-state index >= 15 is 0 Å². The highest BCUT2D eigenvalue weighted by Crippen LogP contribution is 2.27. The Labute approximate surface area is 143 Å². The van der Waals surface area contributed by atoms with Gasteiger partial charge in [0.15, 0.2) is 5.75 Å². The molecule has 1 N–H and O–H groups in total. The molecule has 7 nitrogen and oxygen atoms in total. The lowest BCUT2D eigenvalue weighted by Crippen LogP contribution is -2.49. The molecular weight excluding hydrogens is 330 g/mol. The van der Waals surface area contributed by atoms with Crippen LogP contribution in [-0.4, -0.2) is 52.1 Å². The number of carbonyl (C=O) groups is 1. The summed E-state index contributed by atoms with van der Waals surface area (Å²) in [6.07, 6.45) is 2.40. The molecular formula is C16H14ClN5O2. The molecule has 122 valence electrons. The van der Waals surface area contributed by atoms with E-state index < -0.39 is 0 Å². The summed E-state index contributed by atoms with van der Waals surface area (Å²) in [5.41, 5.74) is 1.37. The fourth-order valence-corrected chi connectivity index (χ4v) is 2.86. The van der Waals surface area contributed by atoms with Gasteiger partial charge in [-0.25, -0.2) is 9.97 Å². The summed E-state index contributed by atoms with van der Waals surface area (Å²) >= 11 is 6.23. The van der Waals surface area contributed by atoms with Gasteiger partial charge in [0.1, 0.15) is 0 Å². The number of benzene rings is 1. The second-order valence-electron chi connectivity index (χ2n) is 5.32. The van der Waals surface area contributed by atoms with Gasteiger partial charge in [0.2, 0.25) is 5.82 Å². The van der Waals surface area contributed by atoms with E-state index in [9.17, 15) is 9.90 Å². The van der Waals surface area contributed by atoms with Crippen LogP contribution in [0.1, 0.15) is 16.2 Å². The summed E-state index contributed by atoms with van der Waals surface area (Å²) in [6.45, 7) is 2.27. The molecule has 24 heavy (non-hydrogen) atoms. The van der Waals surface area contributed by atoms with Crippen LogP contribution in [0.2, 0.25) is 5.02 Å². The third-order valence-corrected chi connectivity index (χ3v) is 4.12. The molecule has 2 aromatic rings. The maximum Gasteiger partial charge on any atom is 0.291 e. The fraction of sp³-hybridized carbons (Fsp3) is 0.250. The average molecular weight is 344 g/mol. The van der Waals surface area contributed by atoms with Crippen LogP contribution in [0.3, 0.4) is 0 Å². The molecule has 0 saturated carbocycles. The molecule has 1 aromatic carbocycles. The van der Waals surface area contributed by atoms with Gasteiger partial charge >= 0.3 is 0 Å². The minimum Gasteiger partial charge on any atom is -0.505 e. The number of anilines is 1. The van der Waals surface area contributed by atoms with Crippen LogP contribution in [0.5, 0.6) is 5.75 Å². The van der Waals surface area contributed by atoms with Gasteiger partial charge < -0.3 is 14.9 Å². The van der Waals surface area contributed by atoms with Crippen LogP contribution in [0.25, 0.3) is 0 Å². The van der Waals surface area contributed by atoms with Crippen molar-refractivity contribution in [1.29, 1.82) is 5.26 Å². The zero-order valence-electron chi connectivity index (χ0n) is 12.7. The molecule has 1 aliphatic rings. The minimum atomic E-state index is -0.263. The molecule has 1 amide bonds. The smallest absolute Gasteiger partial charge is 0.291 e. The Bertz CT molecular complexity index is 795. The van der Waals surface area contributed by atoms with E-state index in [4.69, 9.17) is 16.9 Å². The van der Waals surface area contributed by atoms with E-state index in [0.29, 0.717) is 36.8 Å². The molecule has 0 bridgehead atoms. The van der Waals surface area contributed by atoms with Crippen molar-refractivity contribution >= 4 is 23.2 Å². The number of amides is 1. The average Bonchev–Trinajstić information content (AvgIpc) is 2.62. The van der Waals surface area contributed by atoms with Crippen molar-refractivity contribution in [2.24, 2.45) is 0 Å². The van der Waals surface area contributed by atoms with Crippen molar-refractivity contribution in [2.75, 3.05) is 31.1 Å².